The summed E-state index contributed by atoms with van der Waals surface area (Å²) in [5.74, 6) is 1.11. The van der Waals surface area contributed by atoms with Crippen molar-refractivity contribution in [3.63, 3.8) is 0 Å². The normalized spacial score (nSPS) is 12.6. The van der Waals surface area contributed by atoms with Crippen LogP contribution in [0.2, 0.25) is 5.02 Å². The van der Waals surface area contributed by atoms with Gasteiger partial charge >= 0.3 is 0 Å². The second kappa shape index (κ2) is 7.67. The summed E-state index contributed by atoms with van der Waals surface area (Å²) in [7, 11) is 0. The number of nitrogens with zero attached hydrogens (tertiary/aromatic N) is 3. The molecule has 0 spiro atoms. The molecule has 1 aliphatic rings. The SMILES string of the molecule is O=C(Nc1ccn(CCc2ccncc2)n1)c1cc(Cl)c2c(c1)OCCO2. The second-order valence-electron chi connectivity index (χ2n) is 6.01. The molecular weight excluding hydrogens is 368 g/mol. The van der Waals surface area contributed by atoms with Crippen LogP contribution in [0, 0.1) is 0 Å². The van der Waals surface area contributed by atoms with Crippen LogP contribution in [0.25, 0.3) is 0 Å². The summed E-state index contributed by atoms with van der Waals surface area (Å²) in [6.07, 6.45) is 6.19. The number of halogens is 1. The molecule has 1 aromatic carbocycles. The van der Waals surface area contributed by atoms with Crippen molar-refractivity contribution in [3.8, 4) is 11.5 Å². The van der Waals surface area contributed by atoms with Crippen LogP contribution in [0.15, 0.2) is 48.9 Å². The number of hydrogen-bond acceptors (Lipinski definition) is 5. The fraction of sp³-hybridized carbons (Fsp3) is 0.211. The number of nitrogens with one attached hydrogen (secondary N) is 1. The lowest BCUT2D eigenvalue weighted by molar-refractivity contribution is 0.102. The third kappa shape index (κ3) is 4.03. The Morgan fingerprint density at radius 2 is 2.00 bits per heavy atom. The number of rotatable bonds is 5. The monoisotopic (exact) mass is 384 g/mol. The van der Waals surface area contributed by atoms with Crippen LogP contribution < -0.4 is 14.8 Å². The molecule has 0 saturated carbocycles. The molecule has 0 fully saturated rings. The van der Waals surface area contributed by atoms with E-state index < -0.39 is 0 Å². The highest BCUT2D eigenvalue weighted by molar-refractivity contribution is 6.32. The van der Waals surface area contributed by atoms with Gasteiger partial charge in [-0.1, -0.05) is 11.6 Å². The smallest absolute Gasteiger partial charge is 0.257 e. The molecule has 0 bridgehead atoms. The third-order valence-corrected chi connectivity index (χ3v) is 4.40. The maximum Gasteiger partial charge on any atom is 0.257 e. The molecule has 0 radical (unpaired) electrons. The third-order valence-electron chi connectivity index (χ3n) is 4.12. The minimum atomic E-state index is -0.312. The Hall–Kier alpha value is -3.06. The first kappa shape index (κ1) is 17.4. The molecule has 1 amide bonds. The topological polar surface area (TPSA) is 78.3 Å². The number of aryl methyl sites for hydroxylation is 2. The Morgan fingerprint density at radius 3 is 2.85 bits per heavy atom. The lowest BCUT2D eigenvalue weighted by atomic mass is 10.2. The highest BCUT2D eigenvalue weighted by atomic mass is 35.5. The van der Waals surface area contributed by atoms with E-state index in [1.165, 1.54) is 5.56 Å². The van der Waals surface area contributed by atoms with Crippen molar-refractivity contribution in [2.45, 2.75) is 13.0 Å². The summed E-state index contributed by atoms with van der Waals surface area (Å²) >= 11 is 6.19. The first-order chi connectivity index (χ1) is 13.2. The zero-order valence-corrected chi connectivity index (χ0v) is 15.1. The second-order valence-corrected chi connectivity index (χ2v) is 6.41. The van der Waals surface area contributed by atoms with Crippen LogP contribution in [0.1, 0.15) is 15.9 Å². The molecule has 0 aliphatic carbocycles. The summed E-state index contributed by atoms with van der Waals surface area (Å²) in [4.78, 5) is 16.5. The summed E-state index contributed by atoms with van der Waals surface area (Å²) in [6, 6.07) is 8.88. The highest BCUT2D eigenvalue weighted by Gasteiger charge is 2.19. The van der Waals surface area contributed by atoms with Gasteiger partial charge in [0.25, 0.3) is 5.91 Å². The quantitative estimate of drug-likeness (QED) is 0.730. The van der Waals surface area contributed by atoms with E-state index in [9.17, 15) is 4.79 Å². The molecule has 0 unspecified atom stereocenters. The van der Waals surface area contributed by atoms with Gasteiger partial charge in [0.2, 0.25) is 0 Å². The minimum absolute atomic E-state index is 0.312. The summed E-state index contributed by atoms with van der Waals surface area (Å²) < 4.78 is 12.8. The molecule has 2 aromatic heterocycles. The average molecular weight is 385 g/mol. The van der Waals surface area contributed by atoms with Gasteiger partial charge in [-0.15, -0.1) is 0 Å². The van der Waals surface area contributed by atoms with Gasteiger partial charge < -0.3 is 14.8 Å². The average Bonchev–Trinajstić information content (AvgIpc) is 3.14. The van der Waals surface area contributed by atoms with Crippen molar-refractivity contribution >= 4 is 23.3 Å². The van der Waals surface area contributed by atoms with Gasteiger partial charge in [-0.3, -0.25) is 14.5 Å². The van der Waals surface area contributed by atoms with Crippen LogP contribution in [-0.4, -0.2) is 33.9 Å². The van der Waals surface area contributed by atoms with E-state index in [1.807, 2.05) is 18.3 Å². The number of carbonyl (C=O) groups is 1. The van der Waals surface area contributed by atoms with E-state index in [4.69, 9.17) is 21.1 Å². The summed E-state index contributed by atoms with van der Waals surface area (Å²) in [6.45, 7) is 1.57. The van der Waals surface area contributed by atoms with E-state index in [0.29, 0.717) is 47.7 Å². The van der Waals surface area contributed by atoms with Crippen molar-refractivity contribution in [2.24, 2.45) is 0 Å². The van der Waals surface area contributed by atoms with Crippen molar-refractivity contribution in [1.82, 2.24) is 14.8 Å². The van der Waals surface area contributed by atoms with Gasteiger partial charge in [-0.2, -0.15) is 5.10 Å². The Balaban J connectivity index is 1.41. The molecule has 7 nitrogen and oxygen atoms in total. The maximum atomic E-state index is 12.5. The first-order valence-electron chi connectivity index (χ1n) is 8.52. The Bertz CT molecular complexity index is 959. The number of carbonyl (C=O) groups excluding carboxylic acids is 1. The molecule has 3 heterocycles. The van der Waals surface area contributed by atoms with Gasteiger partial charge in [0.1, 0.15) is 13.2 Å². The Kier molecular flexibility index (Phi) is 4.93. The number of aromatic nitrogens is 3. The number of benzene rings is 1. The van der Waals surface area contributed by atoms with Crippen molar-refractivity contribution in [3.05, 3.63) is 65.1 Å². The summed E-state index contributed by atoms with van der Waals surface area (Å²) in [5, 5.41) is 7.50. The lowest BCUT2D eigenvalue weighted by Gasteiger charge is -2.20. The summed E-state index contributed by atoms with van der Waals surface area (Å²) in [5.41, 5.74) is 1.56. The zero-order chi connectivity index (χ0) is 18.6. The van der Waals surface area contributed by atoms with E-state index >= 15 is 0 Å². The predicted molar refractivity (Wildman–Crippen MR) is 101 cm³/mol. The number of pyridine rings is 1. The lowest BCUT2D eigenvalue weighted by Crippen LogP contribution is -2.18. The molecule has 1 N–H and O–H groups in total. The van der Waals surface area contributed by atoms with E-state index in [1.54, 1.807) is 35.3 Å². The molecule has 4 rings (SSSR count). The predicted octanol–water partition coefficient (Wildman–Crippen LogP) is 3.20. The van der Waals surface area contributed by atoms with E-state index in [2.05, 4.69) is 15.4 Å². The van der Waals surface area contributed by atoms with E-state index in [0.717, 1.165) is 6.42 Å². The maximum absolute atomic E-state index is 12.5. The standard InChI is InChI=1S/C19H17ClN4O3/c20-15-11-14(12-16-18(15)27-10-9-26-16)19(25)22-17-4-8-24(23-17)7-3-13-1-5-21-6-2-13/h1-2,4-6,8,11-12H,3,7,9-10H2,(H,22,23,25). The largest absolute Gasteiger partial charge is 0.486 e. The van der Waals surface area contributed by atoms with Gasteiger partial charge in [0.05, 0.1) is 5.02 Å². The van der Waals surface area contributed by atoms with E-state index in [-0.39, 0.29) is 5.91 Å². The molecule has 0 saturated heterocycles. The van der Waals surface area contributed by atoms with Crippen LogP contribution in [0.3, 0.4) is 0 Å². The first-order valence-corrected chi connectivity index (χ1v) is 8.90. The molecule has 138 valence electrons. The molecule has 1 aliphatic heterocycles. The highest BCUT2D eigenvalue weighted by Crippen LogP contribution is 2.38. The van der Waals surface area contributed by atoms with Crippen molar-refractivity contribution in [2.75, 3.05) is 18.5 Å². The molecule has 0 atom stereocenters. The van der Waals surface area contributed by atoms with Crippen LogP contribution >= 0.6 is 11.6 Å². The van der Waals surface area contributed by atoms with Crippen LogP contribution in [0.5, 0.6) is 11.5 Å². The van der Waals surface area contributed by atoms with Gasteiger partial charge in [0.15, 0.2) is 17.3 Å². The van der Waals surface area contributed by atoms with Crippen molar-refractivity contribution in [1.29, 1.82) is 0 Å². The Morgan fingerprint density at radius 1 is 1.19 bits per heavy atom. The zero-order valence-electron chi connectivity index (χ0n) is 14.4. The molecular formula is C19H17ClN4O3. The van der Waals surface area contributed by atoms with Crippen LogP contribution in [-0.2, 0) is 13.0 Å². The molecule has 3 aromatic rings. The fourth-order valence-electron chi connectivity index (χ4n) is 2.78. The minimum Gasteiger partial charge on any atom is -0.486 e. The Labute approximate surface area is 160 Å². The van der Waals surface area contributed by atoms with Gasteiger partial charge in [-0.25, -0.2) is 0 Å². The number of fused-ring (bicyclic) bond motifs is 1. The number of anilines is 1. The fourth-order valence-corrected chi connectivity index (χ4v) is 3.04. The number of ether oxygens (including phenoxy) is 2. The molecule has 8 heteroatoms. The number of amides is 1. The van der Waals surface area contributed by atoms with Crippen LogP contribution in [0.4, 0.5) is 5.82 Å². The molecule has 27 heavy (non-hydrogen) atoms. The number of hydrogen-bond donors (Lipinski definition) is 1. The van der Waals surface area contributed by atoms with Gasteiger partial charge in [-0.05, 0) is 36.2 Å². The van der Waals surface area contributed by atoms with Gasteiger partial charge in [0, 0.05) is 36.8 Å². The van der Waals surface area contributed by atoms with Crippen molar-refractivity contribution < 1.29 is 14.3 Å².